The molecule has 1 aliphatic carbocycles. The molecule has 1 aliphatic heterocycles. The summed E-state index contributed by atoms with van der Waals surface area (Å²) in [6.45, 7) is 7.98. The summed E-state index contributed by atoms with van der Waals surface area (Å²) in [5.41, 5.74) is 7.56. The van der Waals surface area contributed by atoms with Crippen molar-refractivity contribution >= 4 is 11.6 Å². The van der Waals surface area contributed by atoms with Gasteiger partial charge in [0.25, 0.3) is 0 Å². The summed E-state index contributed by atoms with van der Waals surface area (Å²) in [5, 5.41) is 0.788. The molecular weight excluding hydrogens is 282 g/mol. The number of nitrogens with two attached hydrogens (primary N) is 1. The van der Waals surface area contributed by atoms with Crippen LogP contribution in [0.5, 0.6) is 0 Å². The Morgan fingerprint density at radius 1 is 1.14 bits per heavy atom. The van der Waals surface area contributed by atoms with Crippen molar-refractivity contribution in [3.63, 3.8) is 0 Å². The van der Waals surface area contributed by atoms with E-state index in [1.807, 2.05) is 12.1 Å². The van der Waals surface area contributed by atoms with Crippen LogP contribution < -0.4 is 5.73 Å². The Hall–Kier alpha value is -0.610. The Labute approximate surface area is 133 Å². The van der Waals surface area contributed by atoms with Crippen molar-refractivity contribution in [2.24, 2.45) is 11.7 Å². The molecular formula is C17H26ClN3. The number of nitrogens with zero attached hydrogens (tertiary/aromatic N) is 2. The molecule has 1 aromatic rings. The van der Waals surface area contributed by atoms with Gasteiger partial charge in [-0.15, -0.1) is 0 Å². The van der Waals surface area contributed by atoms with Crippen molar-refractivity contribution in [2.45, 2.75) is 31.8 Å². The van der Waals surface area contributed by atoms with Crippen molar-refractivity contribution in [1.82, 2.24) is 9.80 Å². The predicted molar refractivity (Wildman–Crippen MR) is 88.6 cm³/mol. The lowest BCUT2D eigenvalue weighted by Crippen LogP contribution is -2.51. The lowest BCUT2D eigenvalue weighted by molar-refractivity contribution is 0.0842. The molecule has 2 fully saturated rings. The topological polar surface area (TPSA) is 32.5 Å². The van der Waals surface area contributed by atoms with E-state index < -0.39 is 0 Å². The number of rotatable bonds is 5. The van der Waals surface area contributed by atoms with E-state index in [0.717, 1.165) is 24.0 Å². The molecule has 2 atom stereocenters. The maximum absolute atomic E-state index is 6.27. The first-order chi connectivity index (χ1) is 10.1. The molecule has 0 radical (unpaired) electrons. The molecule has 21 heavy (non-hydrogen) atoms. The van der Waals surface area contributed by atoms with Crippen LogP contribution in [-0.2, 0) is 0 Å². The first-order valence-corrected chi connectivity index (χ1v) is 8.49. The molecule has 4 heteroatoms. The molecule has 1 heterocycles. The summed E-state index contributed by atoms with van der Waals surface area (Å²) in [6.07, 6.45) is 2.88. The van der Waals surface area contributed by atoms with E-state index in [9.17, 15) is 0 Å². The van der Waals surface area contributed by atoms with Gasteiger partial charge < -0.3 is 10.6 Å². The zero-order chi connectivity index (χ0) is 14.8. The van der Waals surface area contributed by atoms with E-state index in [1.165, 1.54) is 38.0 Å². The van der Waals surface area contributed by atoms with Crippen LogP contribution >= 0.6 is 11.6 Å². The Bertz CT molecular complexity index is 448. The number of piperazine rings is 1. The number of hydrogen-bond donors (Lipinski definition) is 1. The van der Waals surface area contributed by atoms with E-state index in [1.54, 1.807) is 0 Å². The zero-order valence-electron chi connectivity index (χ0n) is 12.8. The third kappa shape index (κ3) is 3.98. The molecule has 3 rings (SSSR count). The van der Waals surface area contributed by atoms with Crippen molar-refractivity contribution in [3.05, 3.63) is 34.9 Å². The lowest BCUT2D eigenvalue weighted by atomic mass is 9.98. The fourth-order valence-electron chi connectivity index (χ4n) is 3.40. The third-order valence-corrected chi connectivity index (χ3v) is 4.98. The van der Waals surface area contributed by atoms with Crippen LogP contribution in [-0.4, -0.2) is 48.6 Å². The van der Waals surface area contributed by atoms with E-state index in [4.69, 9.17) is 17.3 Å². The van der Waals surface area contributed by atoms with Crippen LogP contribution in [0.1, 0.15) is 31.4 Å². The fourth-order valence-corrected chi connectivity index (χ4v) is 3.52. The van der Waals surface area contributed by atoms with Gasteiger partial charge in [0.2, 0.25) is 0 Å². The SMILES string of the molecule is CC(N)C(c1ccc(Cl)cc1)N1CCN(CC2CC2)CC1. The van der Waals surface area contributed by atoms with Crippen LogP contribution in [0.3, 0.4) is 0 Å². The van der Waals surface area contributed by atoms with Crippen LogP contribution in [0, 0.1) is 5.92 Å². The first-order valence-electron chi connectivity index (χ1n) is 8.11. The average molecular weight is 308 g/mol. The highest BCUT2D eigenvalue weighted by Crippen LogP contribution is 2.31. The minimum Gasteiger partial charge on any atom is -0.326 e. The first kappa shape index (κ1) is 15.3. The van der Waals surface area contributed by atoms with Crippen LogP contribution in [0.4, 0.5) is 0 Å². The molecule has 0 bridgehead atoms. The molecule has 0 amide bonds. The number of benzene rings is 1. The Balaban J connectivity index is 1.63. The average Bonchev–Trinajstić information content (AvgIpc) is 3.27. The van der Waals surface area contributed by atoms with E-state index in [2.05, 4.69) is 28.9 Å². The molecule has 2 N–H and O–H groups in total. The van der Waals surface area contributed by atoms with E-state index in [0.29, 0.717) is 6.04 Å². The van der Waals surface area contributed by atoms with Gasteiger partial charge in [-0.3, -0.25) is 4.90 Å². The van der Waals surface area contributed by atoms with Crippen LogP contribution in [0.2, 0.25) is 5.02 Å². The molecule has 3 nitrogen and oxygen atoms in total. The highest BCUT2D eigenvalue weighted by molar-refractivity contribution is 6.30. The summed E-state index contributed by atoms with van der Waals surface area (Å²) < 4.78 is 0. The van der Waals surface area contributed by atoms with Gasteiger partial charge in [0.1, 0.15) is 0 Å². The predicted octanol–water partition coefficient (Wildman–Crippen LogP) is 2.76. The second-order valence-electron chi connectivity index (χ2n) is 6.64. The highest BCUT2D eigenvalue weighted by atomic mass is 35.5. The van der Waals surface area contributed by atoms with Gasteiger partial charge in [-0.2, -0.15) is 0 Å². The van der Waals surface area contributed by atoms with E-state index in [-0.39, 0.29) is 6.04 Å². The molecule has 1 saturated carbocycles. The minimum atomic E-state index is 0.126. The Morgan fingerprint density at radius 2 is 1.76 bits per heavy atom. The standard InChI is InChI=1S/C17H26ClN3/c1-13(19)17(15-4-6-16(18)7-5-15)21-10-8-20(9-11-21)12-14-2-3-14/h4-7,13-14,17H,2-3,8-12,19H2,1H3. The molecule has 0 aromatic heterocycles. The number of hydrogen-bond acceptors (Lipinski definition) is 3. The van der Waals surface area contributed by atoms with Crippen molar-refractivity contribution in [2.75, 3.05) is 32.7 Å². The smallest absolute Gasteiger partial charge is 0.0497 e. The zero-order valence-corrected chi connectivity index (χ0v) is 13.6. The van der Waals surface area contributed by atoms with Gasteiger partial charge in [-0.1, -0.05) is 23.7 Å². The Morgan fingerprint density at radius 3 is 2.29 bits per heavy atom. The molecule has 1 aromatic carbocycles. The molecule has 1 saturated heterocycles. The molecule has 116 valence electrons. The van der Waals surface area contributed by atoms with Gasteiger partial charge in [0.15, 0.2) is 0 Å². The van der Waals surface area contributed by atoms with Crippen LogP contribution in [0.25, 0.3) is 0 Å². The van der Waals surface area contributed by atoms with Crippen molar-refractivity contribution in [1.29, 1.82) is 0 Å². The minimum absolute atomic E-state index is 0.126. The second-order valence-corrected chi connectivity index (χ2v) is 7.07. The highest BCUT2D eigenvalue weighted by Gasteiger charge is 2.30. The van der Waals surface area contributed by atoms with Gasteiger partial charge in [0, 0.05) is 49.8 Å². The molecule has 2 aliphatic rings. The van der Waals surface area contributed by atoms with Crippen molar-refractivity contribution < 1.29 is 0 Å². The summed E-state index contributed by atoms with van der Waals surface area (Å²) >= 11 is 6.00. The summed E-state index contributed by atoms with van der Waals surface area (Å²) in [6, 6.07) is 8.59. The Kier molecular flexibility index (Phi) is 4.85. The third-order valence-electron chi connectivity index (χ3n) is 4.72. The normalized spacial score (nSPS) is 24.0. The maximum Gasteiger partial charge on any atom is 0.0497 e. The summed E-state index contributed by atoms with van der Waals surface area (Å²) in [5.74, 6) is 0.983. The monoisotopic (exact) mass is 307 g/mol. The summed E-state index contributed by atoms with van der Waals surface area (Å²) in [7, 11) is 0. The van der Waals surface area contributed by atoms with Crippen molar-refractivity contribution in [3.8, 4) is 0 Å². The van der Waals surface area contributed by atoms with Gasteiger partial charge in [-0.25, -0.2) is 0 Å². The van der Waals surface area contributed by atoms with Gasteiger partial charge in [-0.05, 0) is 43.4 Å². The second kappa shape index (κ2) is 6.66. The lowest BCUT2D eigenvalue weighted by Gasteiger charge is -2.41. The number of halogens is 1. The largest absolute Gasteiger partial charge is 0.326 e. The van der Waals surface area contributed by atoms with Crippen LogP contribution in [0.15, 0.2) is 24.3 Å². The molecule has 2 unspecified atom stereocenters. The fraction of sp³-hybridized carbons (Fsp3) is 0.647. The maximum atomic E-state index is 6.27. The quantitative estimate of drug-likeness (QED) is 0.908. The van der Waals surface area contributed by atoms with E-state index >= 15 is 0 Å². The van der Waals surface area contributed by atoms with Gasteiger partial charge in [0.05, 0.1) is 0 Å². The molecule has 0 spiro atoms. The van der Waals surface area contributed by atoms with Gasteiger partial charge >= 0.3 is 0 Å². The summed E-state index contributed by atoms with van der Waals surface area (Å²) in [4.78, 5) is 5.16.